The summed E-state index contributed by atoms with van der Waals surface area (Å²) in [5, 5.41) is 0. The maximum Gasteiger partial charge on any atom is 0.319 e. The highest BCUT2D eigenvalue weighted by Gasteiger charge is 2.05. The summed E-state index contributed by atoms with van der Waals surface area (Å²) in [4.78, 5) is 14.9. The van der Waals surface area contributed by atoms with Crippen molar-refractivity contribution in [3.63, 3.8) is 0 Å². The van der Waals surface area contributed by atoms with Crippen molar-refractivity contribution >= 4 is 5.97 Å². The summed E-state index contributed by atoms with van der Waals surface area (Å²) < 4.78 is 4.56. The van der Waals surface area contributed by atoms with Crippen molar-refractivity contribution in [2.75, 3.05) is 47.9 Å². The summed E-state index contributed by atoms with van der Waals surface area (Å²) in [6.07, 6.45) is 1.07. The van der Waals surface area contributed by atoms with Crippen LogP contribution in [0.2, 0.25) is 0 Å². The molecule has 0 saturated heterocycles. The molecule has 0 saturated carbocycles. The molecule has 0 rings (SSSR count). The van der Waals surface area contributed by atoms with Gasteiger partial charge in [-0.2, -0.15) is 0 Å². The Morgan fingerprint density at radius 3 is 2.31 bits per heavy atom. The molecule has 0 N–H and O–H groups in total. The molecule has 13 heavy (non-hydrogen) atoms. The van der Waals surface area contributed by atoms with Crippen LogP contribution in [0.5, 0.6) is 0 Å². The minimum Gasteiger partial charge on any atom is -0.468 e. The number of likely N-dealkylation sites (N-methyl/N-ethyl adjacent to an activating group) is 1. The van der Waals surface area contributed by atoms with Crippen molar-refractivity contribution in [1.82, 2.24) is 9.80 Å². The Labute approximate surface area is 80.5 Å². The molecule has 4 nitrogen and oxygen atoms in total. The Kier molecular flexibility index (Phi) is 6.54. The molecular formula is C9H20N2O2. The Hall–Kier alpha value is -0.610. The van der Waals surface area contributed by atoms with Gasteiger partial charge in [0.1, 0.15) is 0 Å². The molecule has 0 aliphatic carbocycles. The molecule has 0 aliphatic heterocycles. The van der Waals surface area contributed by atoms with Crippen molar-refractivity contribution in [3.8, 4) is 0 Å². The number of nitrogens with zero attached hydrogens (tertiary/aromatic N) is 2. The van der Waals surface area contributed by atoms with E-state index in [4.69, 9.17) is 0 Å². The number of carbonyl (C=O) groups is 1. The molecule has 0 aromatic rings. The number of methoxy groups -OCH3 is 1. The van der Waals surface area contributed by atoms with E-state index in [1.165, 1.54) is 7.11 Å². The van der Waals surface area contributed by atoms with Crippen molar-refractivity contribution in [1.29, 1.82) is 0 Å². The summed E-state index contributed by atoms with van der Waals surface area (Å²) in [6, 6.07) is 0. The third-order valence-electron chi connectivity index (χ3n) is 1.77. The van der Waals surface area contributed by atoms with Crippen molar-refractivity contribution in [3.05, 3.63) is 0 Å². The van der Waals surface area contributed by atoms with Crippen molar-refractivity contribution in [2.24, 2.45) is 0 Å². The van der Waals surface area contributed by atoms with Crippen LogP contribution in [-0.4, -0.2) is 63.7 Å². The molecule has 0 aromatic heterocycles. The van der Waals surface area contributed by atoms with Gasteiger partial charge in [-0.3, -0.25) is 9.69 Å². The van der Waals surface area contributed by atoms with Crippen LogP contribution in [0.3, 0.4) is 0 Å². The Balaban J connectivity index is 3.40. The Bertz CT molecular complexity index is 149. The molecule has 0 unspecified atom stereocenters. The van der Waals surface area contributed by atoms with Crippen LogP contribution in [0.4, 0.5) is 0 Å². The zero-order valence-electron chi connectivity index (χ0n) is 9.04. The molecule has 0 radical (unpaired) electrons. The van der Waals surface area contributed by atoms with Crippen LogP contribution in [0.15, 0.2) is 0 Å². The van der Waals surface area contributed by atoms with E-state index in [2.05, 4.69) is 9.64 Å². The van der Waals surface area contributed by atoms with Crippen LogP contribution in [-0.2, 0) is 9.53 Å². The van der Waals surface area contributed by atoms with Gasteiger partial charge in [0.2, 0.25) is 0 Å². The molecule has 0 fully saturated rings. The first-order chi connectivity index (χ1) is 6.06. The zero-order valence-corrected chi connectivity index (χ0v) is 9.04. The molecular weight excluding hydrogens is 168 g/mol. The summed E-state index contributed by atoms with van der Waals surface area (Å²) in [5.74, 6) is -0.174. The first-order valence-electron chi connectivity index (χ1n) is 4.46. The zero-order chi connectivity index (χ0) is 10.3. The number of hydrogen-bond donors (Lipinski definition) is 0. The third kappa shape index (κ3) is 7.74. The first-order valence-corrected chi connectivity index (χ1v) is 4.46. The van der Waals surface area contributed by atoms with Crippen LogP contribution >= 0.6 is 0 Å². The van der Waals surface area contributed by atoms with E-state index < -0.39 is 0 Å². The molecule has 0 aromatic carbocycles. The van der Waals surface area contributed by atoms with Gasteiger partial charge in [0.15, 0.2) is 0 Å². The molecule has 0 amide bonds. The lowest BCUT2D eigenvalue weighted by molar-refractivity contribution is -0.141. The minimum absolute atomic E-state index is 0.174. The van der Waals surface area contributed by atoms with Gasteiger partial charge in [-0.15, -0.1) is 0 Å². The van der Waals surface area contributed by atoms with Gasteiger partial charge in [-0.1, -0.05) is 0 Å². The van der Waals surface area contributed by atoms with E-state index >= 15 is 0 Å². The van der Waals surface area contributed by atoms with Gasteiger partial charge in [-0.05, 0) is 40.7 Å². The van der Waals surface area contributed by atoms with Gasteiger partial charge >= 0.3 is 5.97 Å². The smallest absolute Gasteiger partial charge is 0.319 e. The largest absolute Gasteiger partial charge is 0.468 e. The van der Waals surface area contributed by atoms with Crippen molar-refractivity contribution < 1.29 is 9.53 Å². The molecule has 4 heteroatoms. The molecule has 0 atom stereocenters. The lowest BCUT2D eigenvalue weighted by atomic mass is 10.4. The van der Waals surface area contributed by atoms with E-state index in [0.29, 0.717) is 6.54 Å². The average molecular weight is 188 g/mol. The standard InChI is InChI=1S/C9H20N2O2/c1-10(2)6-5-7-11(3)8-9(12)13-4/h5-8H2,1-4H3. The Morgan fingerprint density at radius 2 is 1.85 bits per heavy atom. The quantitative estimate of drug-likeness (QED) is 0.551. The third-order valence-corrected chi connectivity index (χ3v) is 1.77. The van der Waals surface area contributed by atoms with E-state index in [1.54, 1.807) is 0 Å². The van der Waals surface area contributed by atoms with Crippen LogP contribution in [0.1, 0.15) is 6.42 Å². The average Bonchev–Trinajstić information content (AvgIpc) is 2.03. The van der Waals surface area contributed by atoms with E-state index in [0.717, 1.165) is 19.5 Å². The van der Waals surface area contributed by atoms with Gasteiger partial charge in [0, 0.05) is 0 Å². The Morgan fingerprint density at radius 1 is 1.23 bits per heavy atom. The highest BCUT2D eigenvalue weighted by molar-refractivity contribution is 5.71. The first kappa shape index (κ1) is 12.4. The van der Waals surface area contributed by atoms with Gasteiger partial charge < -0.3 is 9.64 Å². The molecule has 0 spiro atoms. The van der Waals surface area contributed by atoms with Gasteiger partial charge in [0.25, 0.3) is 0 Å². The summed E-state index contributed by atoms with van der Waals surface area (Å²) in [6.45, 7) is 2.35. The summed E-state index contributed by atoms with van der Waals surface area (Å²) in [5.41, 5.74) is 0. The summed E-state index contributed by atoms with van der Waals surface area (Å²) in [7, 11) is 7.42. The summed E-state index contributed by atoms with van der Waals surface area (Å²) >= 11 is 0. The molecule has 0 aliphatic rings. The highest BCUT2D eigenvalue weighted by atomic mass is 16.5. The highest BCUT2D eigenvalue weighted by Crippen LogP contribution is 1.89. The van der Waals surface area contributed by atoms with Gasteiger partial charge in [-0.25, -0.2) is 0 Å². The SMILES string of the molecule is COC(=O)CN(C)CCCN(C)C. The van der Waals surface area contributed by atoms with Crippen molar-refractivity contribution in [2.45, 2.75) is 6.42 Å². The number of carbonyl (C=O) groups excluding carboxylic acids is 1. The fraction of sp³-hybridized carbons (Fsp3) is 0.889. The van der Waals surface area contributed by atoms with E-state index in [-0.39, 0.29) is 5.97 Å². The minimum atomic E-state index is -0.174. The predicted molar refractivity (Wildman–Crippen MR) is 52.7 cm³/mol. The molecule has 0 heterocycles. The lowest BCUT2D eigenvalue weighted by Gasteiger charge is -2.16. The van der Waals surface area contributed by atoms with E-state index in [9.17, 15) is 4.79 Å². The fourth-order valence-corrected chi connectivity index (χ4v) is 1.02. The lowest BCUT2D eigenvalue weighted by Crippen LogP contribution is -2.29. The number of rotatable bonds is 6. The number of esters is 1. The monoisotopic (exact) mass is 188 g/mol. The molecule has 0 bridgehead atoms. The van der Waals surface area contributed by atoms with Crippen LogP contribution < -0.4 is 0 Å². The fourth-order valence-electron chi connectivity index (χ4n) is 1.02. The second kappa shape index (κ2) is 6.86. The topological polar surface area (TPSA) is 32.8 Å². The predicted octanol–water partition coefficient (Wildman–Crippen LogP) is 0.0429. The maximum atomic E-state index is 10.8. The second-order valence-electron chi connectivity index (χ2n) is 3.47. The normalized spacial score (nSPS) is 10.9. The van der Waals surface area contributed by atoms with Gasteiger partial charge in [0.05, 0.1) is 13.7 Å². The number of ether oxygens (including phenoxy) is 1. The second-order valence-corrected chi connectivity index (χ2v) is 3.47. The number of hydrogen-bond acceptors (Lipinski definition) is 4. The maximum absolute atomic E-state index is 10.8. The molecule has 78 valence electrons. The van der Waals surface area contributed by atoms with Crippen LogP contribution in [0.25, 0.3) is 0 Å². The van der Waals surface area contributed by atoms with E-state index in [1.807, 2.05) is 26.0 Å². The van der Waals surface area contributed by atoms with Crippen LogP contribution in [0, 0.1) is 0 Å².